The lowest BCUT2D eigenvalue weighted by Gasteiger charge is -2.18. The fourth-order valence-corrected chi connectivity index (χ4v) is 2.63. The van der Waals surface area contributed by atoms with Crippen molar-refractivity contribution in [3.05, 3.63) is 40.4 Å². The van der Waals surface area contributed by atoms with Gasteiger partial charge in [-0.15, -0.1) is 0 Å². The Bertz CT molecular complexity index is 1080. The van der Waals surface area contributed by atoms with E-state index in [1.807, 2.05) is 0 Å². The Morgan fingerprint density at radius 3 is 2.56 bits per heavy atom. The van der Waals surface area contributed by atoms with Crippen LogP contribution in [0.5, 0.6) is 11.5 Å². The number of rotatable bonds is 4. The van der Waals surface area contributed by atoms with E-state index in [1.165, 1.54) is 36.2 Å². The molecule has 0 radical (unpaired) electrons. The minimum Gasteiger partial charge on any atom is -0.504 e. The topological polar surface area (TPSA) is 145 Å². The Morgan fingerprint density at radius 1 is 1.30 bits per heavy atom. The number of hydrogen-bond donors (Lipinski definition) is 3. The summed E-state index contributed by atoms with van der Waals surface area (Å²) in [6.45, 7) is 3.57. The lowest BCUT2D eigenvalue weighted by atomic mass is 10.2. The van der Waals surface area contributed by atoms with E-state index in [-0.39, 0.29) is 51.5 Å². The summed E-state index contributed by atoms with van der Waals surface area (Å²) in [5.41, 5.74) is 5.34. The highest BCUT2D eigenvalue weighted by molar-refractivity contribution is 6.03. The summed E-state index contributed by atoms with van der Waals surface area (Å²) in [6, 6.07) is 2.53. The van der Waals surface area contributed by atoms with Crippen LogP contribution in [-0.4, -0.2) is 37.6 Å². The molecule has 3 rings (SSSR count). The van der Waals surface area contributed by atoms with Gasteiger partial charge in [0.25, 0.3) is 11.5 Å². The van der Waals surface area contributed by atoms with Crippen molar-refractivity contribution >= 4 is 28.7 Å². The van der Waals surface area contributed by atoms with Crippen molar-refractivity contribution in [1.29, 1.82) is 0 Å². The number of amides is 1. The van der Waals surface area contributed by atoms with Crippen LogP contribution in [0.15, 0.2) is 29.3 Å². The second kappa shape index (κ2) is 6.90. The average Bonchev–Trinajstić information content (AvgIpc) is 2.61. The highest BCUT2D eigenvalue weighted by Crippen LogP contribution is 2.33. The van der Waals surface area contributed by atoms with E-state index in [9.17, 15) is 14.7 Å². The van der Waals surface area contributed by atoms with Gasteiger partial charge in [0, 0.05) is 18.4 Å². The van der Waals surface area contributed by atoms with Gasteiger partial charge in [0.05, 0.1) is 18.1 Å². The molecule has 0 atom stereocenters. The summed E-state index contributed by atoms with van der Waals surface area (Å²) < 4.78 is 6.51. The van der Waals surface area contributed by atoms with E-state index in [1.54, 1.807) is 13.8 Å². The van der Waals surface area contributed by atoms with E-state index in [0.29, 0.717) is 0 Å². The molecule has 2 aromatic heterocycles. The molecular formula is C17H18N6O4. The summed E-state index contributed by atoms with van der Waals surface area (Å²) in [5, 5.41) is 12.8. The van der Waals surface area contributed by atoms with Gasteiger partial charge in [-0.3, -0.25) is 19.5 Å². The van der Waals surface area contributed by atoms with Gasteiger partial charge in [-0.2, -0.15) is 0 Å². The van der Waals surface area contributed by atoms with Crippen LogP contribution in [0.2, 0.25) is 0 Å². The molecule has 0 aliphatic rings. The molecule has 0 aliphatic heterocycles. The number of carbonyl (C=O) groups excluding carboxylic acids is 1. The van der Waals surface area contributed by atoms with Crippen LogP contribution < -0.4 is 21.3 Å². The van der Waals surface area contributed by atoms with Gasteiger partial charge >= 0.3 is 0 Å². The van der Waals surface area contributed by atoms with Crippen molar-refractivity contribution < 1.29 is 14.6 Å². The third-order valence-corrected chi connectivity index (χ3v) is 3.89. The number of ether oxygens (including phenoxy) is 1. The van der Waals surface area contributed by atoms with Gasteiger partial charge < -0.3 is 15.6 Å². The predicted octanol–water partition coefficient (Wildman–Crippen LogP) is 1.32. The van der Waals surface area contributed by atoms with Gasteiger partial charge in [0.1, 0.15) is 5.52 Å². The van der Waals surface area contributed by atoms with E-state index >= 15 is 0 Å². The highest BCUT2D eigenvalue weighted by Gasteiger charge is 2.20. The van der Waals surface area contributed by atoms with Crippen LogP contribution >= 0.6 is 0 Å². The lowest BCUT2D eigenvalue weighted by Crippen LogP contribution is -2.28. The van der Waals surface area contributed by atoms with E-state index < -0.39 is 5.91 Å². The van der Waals surface area contributed by atoms with Crippen molar-refractivity contribution in [2.24, 2.45) is 0 Å². The number of benzene rings is 1. The molecule has 1 amide bonds. The van der Waals surface area contributed by atoms with Gasteiger partial charge in [-0.25, -0.2) is 15.0 Å². The molecule has 2 heterocycles. The minimum atomic E-state index is -0.560. The summed E-state index contributed by atoms with van der Waals surface area (Å²) in [7, 11) is 1.36. The third-order valence-electron chi connectivity index (χ3n) is 3.89. The molecule has 0 saturated carbocycles. The number of nitrogen functional groups attached to an aromatic ring is 1. The SMILES string of the molecule is COc1c(O)ccc2c(=O)n(C(C)C)c(NC(=O)c3cnc(N)nc3)nc12. The number of carbonyl (C=O) groups is 1. The average molecular weight is 370 g/mol. The van der Waals surface area contributed by atoms with Crippen LogP contribution in [0.1, 0.15) is 30.2 Å². The molecule has 10 nitrogen and oxygen atoms in total. The van der Waals surface area contributed by atoms with Crippen LogP contribution in [0, 0.1) is 0 Å². The summed E-state index contributed by atoms with van der Waals surface area (Å²) in [5.74, 6) is -0.632. The number of anilines is 2. The van der Waals surface area contributed by atoms with Crippen molar-refractivity contribution in [3.8, 4) is 11.5 Å². The quantitative estimate of drug-likeness (QED) is 0.623. The number of phenols is 1. The molecular weight excluding hydrogens is 352 g/mol. The van der Waals surface area contributed by atoms with Crippen LogP contribution in [0.25, 0.3) is 10.9 Å². The number of nitrogens with one attached hydrogen (secondary N) is 1. The van der Waals surface area contributed by atoms with Crippen molar-refractivity contribution in [2.75, 3.05) is 18.2 Å². The summed E-state index contributed by atoms with van der Waals surface area (Å²) in [4.78, 5) is 37.3. The van der Waals surface area contributed by atoms with Gasteiger partial charge in [0.2, 0.25) is 11.9 Å². The molecule has 1 aromatic carbocycles. The number of methoxy groups -OCH3 is 1. The Kier molecular flexibility index (Phi) is 4.63. The smallest absolute Gasteiger partial charge is 0.263 e. The Hall–Kier alpha value is -3.69. The second-order valence-electron chi connectivity index (χ2n) is 6.00. The maximum absolute atomic E-state index is 12.9. The molecule has 10 heteroatoms. The fraction of sp³-hybridized carbons (Fsp3) is 0.235. The van der Waals surface area contributed by atoms with Crippen molar-refractivity contribution in [3.63, 3.8) is 0 Å². The zero-order chi connectivity index (χ0) is 19.7. The van der Waals surface area contributed by atoms with Crippen molar-refractivity contribution in [2.45, 2.75) is 19.9 Å². The third kappa shape index (κ3) is 3.24. The van der Waals surface area contributed by atoms with E-state index in [0.717, 1.165) is 0 Å². The molecule has 0 aliphatic carbocycles. The number of aromatic nitrogens is 4. The molecule has 0 bridgehead atoms. The normalized spacial score (nSPS) is 11.0. The summed E-state index contributed by atoms with van der Waals surface area (Å²) in [6.07, 6.45) is 2.53. The fourth-order valence-electron chi connectivity index (χ4n) is 2.63. The predicted molar refractivity (Wildman–Crippen MR) is 99.0 cm³/mol. The first-order chi connectivity index (χ1) is 12.8. The van der Waals surface area contributed by atoms with Gasteiger partial charge in [-0.1, -0.05) is 0 Å². The number of fused-ring (bicyclic) bond motifs is 1. The maximum Gasteiger partial charge on any atom is 0.263 e. The van der Waals surface area contributed by atoms with Gasteiger partial charge in [-0.05, 0) is 26.0 Å². The van der Waals surface area contributed by atoms with E-state index in [2.05, 4.69) is 20.3 Å². The summed E-state index contributed by atoms with van der Waals surface area (Å²) >= 11 is 0. The maximum atomic E-state index is 12.9. The number of nitrogens with two attached hydrogens (primary N) is 1. The Balaban J connectivity index is 2.18. The first kappa shape index (κ1) is 18.1. The molecule has 4 N–H and O–H groups in total. The highest BCUT2D eigenvalue weighted by atomic mass is 16.5. The molecule has 0 spiro atoms. The van der Waals surface area contributed by atoms with Crippen LogP contribution in [-0.2, 0) is 0 Å². The molecule has 0 fully saturated rings. The Labute approximate surface area is 153 Å². The zero-order valence-corrected chi connectivity index (χ0v) is 14.9. The minimum absolute atomic E-state index is 0.00762. The lowest BCUT2D eigenvalue weighted by molar-refractivity contribution is 0.102. The zero-order valence-electron chi connectivity index (χ0n) is 14.9. The monoisotopic (exact) mass is 370 g/mol. The van der Waals surface area contributed by atoms with Crippen LogP contribution in [0.4, 0.5) is 11.9 Å². The largest absolute Gasteiger partial charge is 0.504 e. The molecule has 0 unspecified atom stereocenters. The van der Waals surface area contributed by atoms with E-state index in [4.69, 9.17) is 10.5 Å². The molecule has 0 saturated heterocycles. The molecule has 140 valence electrons. The molecule has 3 aromatic rings. The standard InChI is InChI=1S/C17H18N6O4/c1-8(2)23-15(26)10-4-5-11(24)13(27-3)12(10)21-17(23)22-14(25)9-6-19-16(18)20-7-9/h4-8,24H,1-3H3,(H2,18,19,20)(H,21,22,25). The van der Waals surface area contributed by atoms with Gasteiger partial charge in [0.15, 0.2) is 11.5 Å². The first-order valence-corrected chi connectivity index (χ1v) is 8.04. The second-order valence-corrected chi connectivity index (χ2v) is 6.00. The number of hydrogen-bond acceptors (Lipinski definition) is 8. The van der Waals surface area contributed by atoms with Crippen molar-refractivity contribution in [1.82, 2.24) is 19.5 Å². The number of aromatic hydroxyl groups is 1. The molecule has 27 heavy (non-hydrogen) atoms. The first-order valence-electron chi connectivity index (χ1n) is 8.04. The number of phenolic OH excluding ortho intramolecular Hbond substituents is 1. The Morgan fingerprint density at radius 2 is 1.96 bits per heavy atom. The van der Waals surface area contributed by atoms with Crippen LogP contribution in [0.3, 0.4) is 0 Å². The number of nitrogens with zero attached hydrogens (tertiary/aromatic N) is 4.